The largest absolute Gasteiger partial charge is 0.481 e. The maximum absolute atomic E-state index is 12.2. The minimum atomic E-state index is -0.806. The van der Waals surface area contributed by atoms with E-state index in [0.29, 0.717) is 24.7 Å². The molecule has 0 bridgehead atoms. The van der Waals surface area contributed by atoms with Crippen LogP contribution in [0, 0.1) is 11.8 Å². The number of rotatable bonds is 4. The molecule has 114 valence electrons. The SMILES string of the molecule is CC(C(=O)O)C1CN(C(=O)N(C)Cc2cccc(Cl)c2)C1. The van der Waals surface area contributed by atoms with Gasteiger partial charge in [0.15, 0.2) is 0 Å². The van der Waals surface area contributed by atoms with Crippen molar-refractivity contribution in [3.63, 3.8) is 0 Å². The minimum Gasteiger partial charge on any atom is -0.481 e. The second-order valence-corrected chi connectivity index (χ2v) is 6.00. The highest BCUT2D eigenvalue weighted by Gasteiger charge is 2.38. The molecule has 0 aromatic heterocycles. The zero-order chi connectivity index (χ0) is 15.6. The Labute approximate surface area is 129 Å². The van der Waals surface area contributed by atoms with Gasteiger partial charge in [-0.25, -0.2) is 4.79 Å². The number of nitrogens with zero attached hydrogens (tertiary/aromatic N) is 2. The Morgan fingerprint density at radius 2 is 2.14 bits per heavy atom. The summed E-state index contributed by atoms with van der Waals surface area (Å²) in [6, 6.07) is 7.31. The van der Waals surface area contributed by atoms with Gasteiger partial charge in [-0.05, 0) is 17.7 Å². The average Bonchev–Trinajstić information content (AvgIpc) is 2.36. The van der Waals surface area contributed by atoms with Gasteiger partial charge in [0, 0.05) is 37.6 Å². The van der Waals surface area contributed by atoms with Gasteiger partial charge in [0.05, 0.1) is 5.92 Å². The number of hydrogen-bond donors (Lipinski definition) is 1. The summed E-state index contributed by atoms with van der Waals surface area (Å²) in [6.45, 7) is 3.18. The van der Waals surface area contributed by atoms with E-state index in [9.17, 15) is 9.59 Å². The molecule has 21 heavy (non-hydrogen) atoms. The quantitative estimate of drug-likeness (QED) is 0.929. The van der Waals surface area contributed by atoms with Crippen molar-refractivity contribution < 1.29 is 14.7 Å². The lowest BCUT2D eigenvalue weighted by Gasteiger charge is -2.42. The fraction of sp³-hybridized carbons (Fsp3) is 0.467. The van der Waals surface area contributed by atoms with E-state index >= 15 is 0 Å². The van der Waals surface area contributed by atoms with Crippen LogP contribution >= 0.6 is 11.6 Å². The van der Waals surface area contributed by atoms with E-state index in [1.807, 2.05) is 18.2 Å². The normalized spacial score (nSPS) is 16.2. The highest BCUT2D eigenvalue weighted by atomic mass is 35.5. The lowest BCUT2D eigenvalue weighted by Crippen LogP contribution is -2.56. The van der Waals surface area contributed by atoms with Gasteiger partial charge in [-0.15, -0.1) is 0 Å². The van der Waals surface area contributed by atoms with Crippen LogP contribution in [0.5, 0.6) is 0 Å². The van der Waals surface area contributed by atoms with Crippen LogP contribution in [0.15, 0.2) is 24.3 Å². The highest BCUT2D eigenvalue weighted by Crippen LogP contribution is 2.25. The molecule has 6 heteroatoms. The van der Waals surface area contributed by atoms with E-state index in [4.69, 9.17) is 16.7 Å². The molecule has 0 saturated carbocycles. The first-order valence-corrected chi connectivity index (χ1v) is 7.23. The standard InChI is InChI=1S/C15H19ClN2O3/c1-10(14(19)20)12-8-18(9-12)15(21)17(2)7-11-4-3-5-13(16)6-11/h3-6,10,12H,7-9H2,1-2H3,(H,19,20). The number of aliphatic carboxylic acids is 1. The van der Waals surface area contributed by atoms with Gasteiger partial charge >= 0.3 is 12.0 Å². The van der Waals surface area contributed by atoms with Gasteiger partial charge in [-0.3, -0.25) is 4.79 Å². The van der Waals surface area contributed by atoms with Crippen molar-refractivity contribution in [2.24, 2.45) is 11.8 Å². The summed E-state index contributed by atoms with van der Waals surface area (Å²) in [5.41, 5.74) is 0.967. The Kier molecular flexibility index (Phi) is 4.73. The summed E-state index contributed by atoms with van der Waals surface area (Å²) < 4.78 is 0. The summed E-state index contributed by atoms with van der Waals surface area (Å²) >= 11 is 5.92. The topological polar surface area (TPSA) is 60.9 Å². The molecule has 0 radical (unpaired) electrons. The molecule has 1 aliphatic rings. The number of hydrogen-bond acceptors (Lipinski definition) is 2. The van der Waals surface area contributed by atoms with Crippen molar-refractivity contribution in [2.45, 2.75) is 13.5 Å². The predicted molar refractivity (Wildman–Crippen MR) is 80.2 cm³/mol. The second-order valence-electron chi connectivity index (χ2n) is 5.56. The Balaban J connectivity index is 1.86. The van der Waals surface area contributed by atoms with Crippen LogP contribution in [0.4, 0.5) is 4.79 Å². The lowest BCUT2D eigenvalue weighted by atomic mass is 9.87. The molecule has 1 saturated heterocycles. The van der Waals surface area contributed by atoms with Gasteiger partial charge in [0.1, 0.15) is 0 Å². The highest BCUT2D eigenvalue weighted by molar-refractivity contribution is 6.30. The summed E-state index contributed by atoms with van der Waals surface area (Å²) in [4.78, 5) is 26.4. The van der Waals surface area contributed by atoms with E-state index in [-0.39, 0.29) is 11.9 Å². The molecule has 1 heterocycles. The molecule has 2 amide bonds. The number of benzene rings is 1. The van der Waals surface area contributed by atoms with E-state index in [1.54, 1.807) is 29.8 Å². The zero-order valence-corrected chi connectivity index (χ0v) is 12.9. The summed E-state index contributed by atoms with van der Waals surface area (Å²) in [7, 11) is 1.73. The molecule has 5 nitrogen and oxygen atoms in total. The molecule has 1 aromatic rings. The number of urea groups is 1. The van der Waals surface area contributed by atoms with E-state index in [0.717, 1.165) is 5.56 Å². The number of likely N-dealkylation sites (tertiary alicyclic amines) is 1. The van der Waals surface area contributed by atoms with Crippen LogP contribution in [0.3, 0.4) is 0 Å². The first-order valence-electron chi connectivity index (χ1n) is 6.85. The zero-order valence-electron chi connectivity index (χ0n) is 12.1. The number of carbonyl (C=O) groups excluding carboxylic acids is 1. The maximum Gasteiger partial charge on any atom is 0.320 e. The Hall–Kier alpha value is -1.75. The summed E-state index contributed by atoms with van der Waals surface area (Å²) in [6.07, 6.45) is 0. The number of amides is 2. The lowest BCUT2D eigenvalue weighted by molar-refractivity contribution is -0.144. The third kappa shape index (κ3) is 3.67. The van der Waals surface area contributed by atoms with Crippen LogP contribution in [0.1, 0.15) is 12.5 Å². The van der Waals surface area contributed by atoms with Crippen molar-refractivity contribution in [1.82, 2.24) is 9.80 Å². The molecule has 1 unspecified atom stereocenters. The van der Waals surface area contributed by atoms with Crippen LogP contribution < -0.4 is 0 Å². The Bertz CT molecular complexity index is 543. The van der Waals surface area contributed by atoms with E-state index < -0.39 is 11.9 Å². The monoisotopic (exact) mass is 310 g/mol. The first kappa shape index (κ1) is 15.6. The van der Waals surface area contributed by atoms with Crippen molar-refractivity contribution in [3.8, 4) is 0 Å². The summed E-state index contributed by atoms with van der Waals surface area (Å²) in [5.74, 6) is -1.17. The first-order chi connectivity index (χ1) is 9.88. The molecule has 1 aromatic carbocycles. The number of halogens is 1. The van der Waals surface area contributed by atoms with E-state index in [1.165, 1.54) is 0 Å². The van der Waals surface area contributed by atoms with Gasteiger partial charge in [-0.1, -0.05) is 30.7 Å². The molecule has 1 N–H and O–H groups in total. The Morgan fingerprint density at radius 1 is 1.48 bits per heavy atom. The fourth-order valence-corrected chi connectivity index (χ4v) is 2.62. The molecule has 0 spiro atoms. The van der Waals surface area contributed by atoms with Crippen molar-refractivity contribution >= 4 is 23.6 Å². The van der Waals surface area contributed by atoms with Crippen molar-refractivity contribution in [2.75, 3.05) is 20.1 Å². The molecule has 2 rings (SSSR count). The fourth-order valence-electron chi connectivity index (χ4n) is 2.40. The molecule has 1 aliphatic heterocycles. The molecular formula is C15H19ClN2O3. The number of carboxylic acid groups (broad SMARTS) is 1. The number of carboxylic acids is 1. The van der Waals surface area contributed by atoms with Crippen molar-refractivity contribution in [3.05, 3.63) is 34.9 Å². The minimum absolute atomic E-state index is 0.0472. The molecular weight excluding hydrogens is 292 g/mol. The maximum atomic E-state index is 12.2. The smallest absolute Gasteiger partial charge is 0.320 e. The second kappa shape index (κ2) is 6.35. The van der Waals surface area contributed by atoms with Crippen LogP contribution in [-0.4, -0.2) is 47.0 Å². The van der Waals surface area contributed by atoms with Gasteiger partial charge in [-0.2, -0.15) is 0 Å². The van der Waals surface area contributed by atoms with Gasteiger partial charge in [0.2, 0.25) is 0 Å². The molecule has 0 aliphatic carbocycles. The van der Waals surface area contributed by atoms with Crippen molar-refractivity contribution in [1.29, 1.82) is 0 Å². The van der Waals surface area contributed by atoms with Gasteiger partial charge < -0.3 is 14.9 Å². The average molecular weight is 311 g/mol. The number of carbonyl (C=O) groups is 2. The molecule has 1 atom stereocenters. The predicted octanol–water partition coefficient (Wildman–Crippen LogP) is 2.54. The van der Waals surface area contributed by atoms with Crippen LogP contribution in [-0.2, 0) is 11.3 Å². The van der Waals surface area contributed by atoms with Crippen LogP contribution in [0.25, 0.3) is 0 Å². The third-order valence-corrected chi connectivity index (χ3v) is 4.15. The third-order valence-electron chi connectivity index (χ3n) is 3.91. The van der Waals surface area contributed by atoms with Crippen LogP contribution in [0.2, 0.25) is 5.02 Å². The summed E-state index contributed by atoms with van der Waals surface area (Å²) in [5, 5.41) is 9.59. The van der Waals surface area contributed by atoms with Gasteiger partial charge in [0.25, 0.3) is 0 Å². The Morgan fingerprint density at radius 3 is 2.71 bits per heavy atom. The molecule has 1 fully saturated rings. The van der Waals surface area contributed by atoms with E-state index in [2.05, 4.69) is 0 Å².